The van der Waals surface area contributed by atoms with E-state index in [9.17, 15) is 4.79 Å². The van der Waals surface area contributed by atoms with Gasteiger partial charge in [0.25, 0.3) is 0 Å². The number of carbonyl (C=O) groups is 1. The Kier molecular flexibility index (Phi) is 4.61. The summed E-state index contributed by atoms with van der Waals surface area (Å²) in [5, 5.41) is 0. The third-order valence-electron chi connectivity index (χ3n) is 2.48. The molecule has 100 valence electrons. The van der Waals surface area contributed by atoms with Gasteiger partial charge in [-0.15, -0.1) is 0 Å². The van der Waals surface area contributed by atoms with Crippen LogP contribution in [0.25, 0.3) is 6.08 Å². The normalized spacial score (nSPS) is 13.9. The van der Waals surface area contributed by atoms with Gasteiger partial charge in [-0.3, -0.25) is 0 Å². The summed E-state index contributed by atoms with van der Waals surface area (Å²) in [6, 6.07) is 5.72. The molecule has 0 bridgehead atoms. The van der Waals surface area contributed by atoms with Gasteiger partial charge in [0.05, 0.1) is 6.61 Å². The van der Waals surface area contributed by atoms with Gasteiger partial charge >= 0.3 is 5.97 Å². The van der Waals surface area contributed by atoms with E-state index in [1.54, 1.807) is 19.1 Å². The molecule has 0 aliphatic carbocycles. The molecule has 0 unspecified atom stereocenters. The molecule has 0 aromatic heterocycles. The van der Waals surface area contributed by atoms with Crippen molar-refractivity contribution in [2.75, 3.05) is 19.8 Å². The van der Waals surface area contributed by atoms with E-state index in [-0.39, 0.29) is 5.97 Å². The lowest BCUT2D eigenvalue weighted by atomic mass is 10.2. The smallest absolute Gasteiger partial charge is 0.330 e. The minimum Gasteiger partial charge on any atom is -0.486 e. The second-order valence-corrected chi connectivity index (χ2v) is 3.87. The summed E-state index contributed by atoms with van der Waals surface area (Å²) in [6.07, 6.45) is 6.70. The number of rotatable bonds is 4. The van der Waals surface area contributed by atoms with Gasteiger partial charge < -0.3 is 14.2 Å². The van der Waals surface area contributed by atoms with Gasteiger partial charge in [-0.1, -0.05) is 24.3 Å². The summed E-state index contributed by atoms with van der Waals surface area (Å²) < 4.78 is 15.7. The summed E-state index contributed by atoms with van der Waals surface area (Å²) >= 11 is 0. The Bertz CT molecular complexity index is 503. The van der Waals surface area contributed by atoms with Gasteiger partial charge in [-0.2, -0.15) is 0 Å². The maximum absolute atomic E-state index is 11.1. The Labute approximate surface area is 112 Å². The van der Waals surface area contributed by atoms with Crippen molar-refractivity contribution in [3.63, 3.8) is 0 Å². The van der Waals surface area contributed by atoms with E-state index in [2.05, 4.69) is 0 Å². The number of fused-ring (bicyclic) bond motifs is 1. The Morgan fingerprint density at radius 2 is 2.05 bits per heavy atom. The van der Waals surface area contributed by atoms with Gasteiger partial charge in [0.2, 0.25) is 0 Å². The van der Waals surface area contributed by atoms with Gasteiger partial charge in [-0.25, -0.2) is 4.79 Å². The van der Waals surface area contributed by atoms with E-state index in [4.69, 9.17) is 14.2 Å². The first-order chi connectivity index (χ1) is 9.29. The molecule has 0 amide bonds. The first-order valence-electron chi connectivity index (χ1n) is 6.21. The average Bonchev–Trinajstić information content (AvgIpc) is 2.44. The maximum atomic E-state index is 11.1. The molecule has 4 heteroatoms. The highest BCUT2D eigenvalue weighted by Gasteiger charge is 2.10. The molecule has 0 saturated heterocycles. The van der Waals surface area contributed by atoms with Crippen molar-refractivity contribution in [1.82, 2.24) is 0 Å². The van der Waals surface area contributed by atoms with Crippen molar-refractivity contribution in [3.8, 4) is 11.5 Å². The number of esters is 1. The van der Waals surface area contributed by atoms with Crippen LogP contribution in [-0.2, 0) is 9.53 Å². The lowest BCUT2D eigenvalue weighted by Crippen LogP contribution is -2.15. The van der Waals surface area contributed by atoms with Gasteiger partial charge in [-0.05, 0) is 24.6 Å². The quantitative estimate of drug-likeness (QED) is 0.474. The van der Waals surface area contributed by atoms with Gasteiger partial charge in [0.15, 0.2) is 11.5 Å². The molecule has 1 aliphatic rings. The van der Waals surface area contributed by atoms with Crippen LogP contribution in [0.4, 0.5) is 0 Å². The van der Waals surface area contributed by atoms with Crippen LogP contribution in [0.15, 0.2) is 36.4 Å². The molecule has 0 fully saturated rings. The molecule has 19 heavy (non-hydrogen) atoms. The molecule has 0 saturated carbocycles. The number of carbonyl (C=O) groups excluding carboxylic acids is 1. The summed E-state index contributed by atoms with van der Waals surface area (Å²) in [4.78, 5) is 11.1. The Balaban J connectivity index is 1.97. The van der Waals surface area contributed by atoms with E-state index < -0.39 is 0 Å². The largest absolute Gasteiger partial charge is 0.486 e. The fourth-order valence-corrected chi connectivity index (χ4v) is 1.65. The lowest BCUT2D eigenvalue weighted by Gasteiger charge is -2.18. The van der Waals surface area contributed by atoms with Gasteiger partial charge in [0.1, 0.15) is 13.2 Å². The van der Waals surface area contributed by atoms with Gasteiger partial charge in [0, 0.05) is 6.08 Å². The average molecular weight is 260 g/mol. The number of benzene rings is 1. The van der Waals surface area contributed by atoms with Crippen LogP contribution in [0.3, 0.4) is 0 Å². The molecule has 1 heterocycles. The maximum Gasteiger partial charge on any atom is 0.330 e. The molecular formula is C15H16O4. The van der Waals surface area contributed by atoms with Crippen molar-refractivity contribution in [2.24, 2.45) is 0 Å². The molecule has 1 aromatic carbocycles. The highest BCUT2D eigenvalue weighted by molar-refractivity contribution is 5.82. The van der Waals surface area contributed by atoms with Crippen LogP contribution in [0, 0.1) is 0 Å². The highest BCUT2D eigenvalue weighted by Crippen LogP contribution is 2.30. The van der Waals surface area contributed by atoms with E-state index >= 15 is 0 Å². The minimum atomic E-state index is -0.339. The highest BCUT2D eigenvalue weighted by atomic mass is 16.6. The zero-order chi connectivity index (χ0) is 13.5. The van der Waals surface area contributed by atoms with E-state index in [0.717, 1.165) is 17.1 Å². The molecule has 0 radical (unpaired) electrons. The van der Waals surface area contributed by atoms with Crippen LogP contribution in [-0.4, -0.2) is 25.8 Å². The summed E-state index contributed by atoms with van der Waals surface area (Å²) in [7, 11) is 0. The first kappa shape index (κ1) is 13.2. The third kappa shape index (κ3) is 3.88. The number of hydrogen-bond acceptors (Lipinski definition) is 4. The van der Waals surface area contributed by atoms with Crippen molar-refractivity contribution in [1.29, 1.82) is 0 Å². The zero-order valence-corrected chi connectivity index (χ0v) is 10.8. The molecule has 4 nitrogen and oxygen atoms in total. The number of hydrogen-bond donors (Lipinski definition) is 0. The van der Waals surface area contributed by atoms with E-state index in [1.165, 1.54) is 6.08 Å². The standard InChI is InChI=1S/C15H16O4/c1-2-17-15(16)6-4-3-5-12-7-8-13-14(11-12)19-10-9-18-13/h3-8,11H,2,9-10H2,1H3. The van der Waals surface area contributed by atoms with E-state index in [1.807, 2.05) is 24.3 Å². The SMILES string of the molecule is CCOC(=O)C=CC=Cc1ccc2c(c1)OCCO2. The molecular weight excluding hydrogens is 244 g/mol. The first-order valence-corrected chi connectivity index (χ1v) is 6.21. The Morgan fingerprint density at radius 3 is 2.84 bits per heavy atom. The van der Waals surface area contributed by atoms with Crippen LogP contribution >= 0.6 is 0 Å². The summed E-state index contributed by atoms with van der Waals surface area (Å²) in [6.45, 7) is 3.32. The fourth-order valence-electron chi connectivity index (χ4n) is 1.65. The van der Waals surface area contributed by atoms with Crippen molar-refractivity contribution in [3.05, 3.63) is 42.0 Å². The predicted octanol–water partition coefficient (Wildman–Crippen LogP) is 2.59. The predicted molar refractivity (Wildman–Crippen MR) is 72.2 cm³/mol. The second kappa shape index (κ2) is 6.64. The summed E-state index contributed by atoms with van der Waals surface area (Å²) in [5.41, 5.74) is 0.984. The number of ether oxygens (including phenoxy) is 3. The molecule has 0 N–H and O–H groups in total. The fraction of sp³-hybridized carbons (Fsp3) is 0.267. The molecule has 1 aliphatic heterocycles. The lowest BCUT2D eigenvalue weighted by molar-refractivity contribution is -0.137. The second-order valence-electron chi connectivity index (χ2n) is 3.87. The number of allylic oxidation sites excluding steroid dienone is 2. The van der Waals surface area contributed by atoms with Crippen LogP contribution in [0.5, 0.6) is 11.5 Å². The van der Waals surface area contributed by atoms with Crippen LogP contribution < -0.4 is 9.47 Å². The van der Waals surface area contributed by atoms with E-state index in [0.29, 0.717) is 19.8 Å². The molecule has 1 aromatic rings. The van der Waals surface area contributed by atoms with Crippen molar-refractivity contribution >= 4 is 12.0 Å². The Hall–Kier alpha value is -2.23. The Morgan fingerprint density at radius 1 is 1.26 bits per heavy atom. The molecule has 0 atom stereocenters. The monoisotopic (exact) mass is 260 g/mol. The van der Waals surface area contributed by atoms with Crippen LogP contribution in [0.2, 0.25) is 0 Å². The van der Waals surface area contributed by atoms with Crippen LogP contribution in [0.1, 0.15) is 12.5 Å². The van der Waals surface area contributed by atoms with Crippen molar-refractivity contribution < 1.29 is 19.0 Å². The topological polar surface area (TPSA) is 44.8 Å². The minimum absolute atomic E-state index is 0.339. The summed E-state index contributed by atoms with van der Waals surface area (Å²) in [5.74, 6) is 1.18. The third-order valence-corrected chi connectivity index (χ3v) is 2.48. The molecule has 0 spiro atoms. The van der Waals surface area contributed by atoms with Crippen molar-refractivity contribution in [2.45, 2.75) is 6.92 Å². The zero-order valence-electron chi connectivity index (χ0n) is 10.8. The molecule has 2 rings (SSSR count).